The van der Waals surface area contributed by atoms with E-state index < -0.39 is 0 Å². The molecule has 2 aromatic rings. The fourth-order valence-electron chi connectivity index (χ4n) is 2.24. The summed E-state index contributed by atoms with van der Waals surface area (Å²) in [5.74, 6) is 0. The van der Waals surface area contributed by atoms with Crippen LogP contribution in [0.1, 0.15) is 19.4 Å². The second-order valence-corrected chi connectivity index (χ2v) is 4.92. The third-order valence-corrected chi connectivity index (χ3v) is 3.60. The fourth-order valence-corrected chi connectivity index (χ4v) is 2.24. The number of benzene rings is 1. The van der Waals surface area contributed by atoms with Crippen molar-refractivity contribution in [3.8, 4) is 0 Å². The van der Waals surface area contributed by atoms with Gasteiger partial charge in [0.2, 0.25) is 0 Å². The Morgan fingerprint density at radius 1 is 1.35 bits per heavy atom. The van der Waals surface area contributed by atoms with Crippen molar-refractivity contribution < 1.29 is 9.52 Å². The third-order valence-electron chi connectivity index (χ3n) is 3.60. The minimum Gasteiger partial charge on any atom is -0.464 e. The van der Waals surface area contributed by atoms with Gasteiger partial charge in [0.05, 0.1) is 12.9 Å². The van der Waals surface area contributed by atoms with Gasteiger partial charge in [0.1, 0.15) is 5.58 Å². The zero-order valence-electron chi connectivity index (χ0n) is 10.5. The van der Waals surface area contributed by atoms with E-state index in [0.29, 0.717) is 0 Å². The molecule has 0 saturated heterocycles. The topological polar surface area (TPSA) is 45.4 Å². The number of fused-ring (bicyclic) bond motifs is 1. The number of nitrogens with one attached hydrogen (secondary N) is 1. The van der Waals surface area contributed by atoms with Gasteiger partial charge in [-0.2, -0.15) is 0 Å². The summed E-state index contributed by atoms with van der Waals surface area (Å²) in [7, 11) is 1.87. The number of aliphatic hydroxyl groups excluding tert-OH is 1. The minimum atomic E-state index is -0.148. The van der Waals surface area contributed by atoms with E-state index in [1.54, 1.807) is 6.26 Å². The summed E-state index contributed by atoms with van der Waals surface area (Å²) in [6.45, 7) is 4.35. The molecule has 17 heavy (non-hydrogen) atoms. The molecule has 1 aromatic heterocycles. The van der Waals surface area contributed by atoms with Crippen LogP contribution in [-0.2, 0) is 5.41 Å². The molecule has 1 heterocycles. The molecule has 0 aliphatic rings. The molecule has 1 unspecified atom stereocenters. The lowest BCUT2D eigenvalue weighted by Gasteiger charge is -2.33. The lowest BCUT2D eigenvalue weighted by Crippen LogP contribution is -2.45. The molecule has 3 nitrogen and oxygen atoms in total. The summed E-state index contributed by atoms with van der Waals surface area (Å²) in [6.07, 6.45) is 1.70. The Labute approximate surface area is 101 Å². The number of likely N-dealkylation sites (N-methyl/N-ethyl adjacent to an activating group) is 1. The maximum Gasteiger partial charge on any atom is 0.134 e. The Morgan fingerprint density at radius 3 is 2.76 bits per heavy atom. The predicted molar refractivity (Wildman–Crippen MR) is 69.2 cm³/mol. The van der Waals surface area contributed by atoms with Crippen molar-refractivity contribution in [1.29, 1.82) is 0 Å². The molecule has 0 aliphatic heterocycles. The highest BCUT2D eigenvalue weighted by atomic mass is 16.3. The van der Waals surface area contributed by atoms with E-state index in [1.807, 2.05) is 13.1 Å². The summed E-state index contributed by atoms with van der Waals surface area (Å²) in [4.78, 5) is 0. The van der Waals surface area contributed by atoms with Crippen molar-refractivity contribution >= 4 is 11.0 Å². The van der Waals surface area contributed by atoms with Crippen LogP contribution in [0.4, 0.5) is 0 Å². The number of hydrogen-bond donors (Lipinski definition) is 2. The molecule has 92 valence electrons. The molecule has 0 radical (unpaired) electrons. The van der Waals surface area contributed by atoms with Crippen molar-refractivity contribution in [2.24, 2.45) is 0 Å². The van der Waals surface area contributed by atoms with Crippen molar-refractivity contribution in [2.45, 2.75) is 25.3 Å². The van der Waals surface area contributed by atoms with Gasteiger partial charge in [0.25, 0.3) is 0 Å². The van der Waals surface area contributed by atoms with E-state index in [0.717, 1.165) is 16.5 Å². The number of rotatable bonds is 4. The van der Waals surface area contributed by atoms with Crippen molar-refractivity contribution in [3.05, 3.63) is 36.1 Å². The number of furan rings is 1. The molecule has 3 heteroatoms. The van der Waals surface area contributed by atoms with E-state index in [9.17, 15) is 5.11 Å². The van der Waals surface area contributed by atoms with Crippen LogP contribution in [-0.4, -0.2) is 24.8 Å². The van der Waals surface area contributed by atoms with Crippen LogP contribution in [0.25, 0.3) is 11.0 Å². The first-order valence-corrected chi connectivity index (χ1v) is 5.85. The predicted octanol–water partition coefficient (Wildman–Crippen LogP) is 2.29. The highest BCUT2D eigenvalue weighted by Crippen LogP contribution is 2.30. The maximum atomic E-state index is 9.41. The number of aliphatic hydroxyl groups is 1. The van der Waals surface area contributed by atoms with Crippen LogP contribution in [0.15, 0.2) is 34.9 Å². The SMILES string of the molecule is CNC(CO)C(C)(C)c1ccc2ccoc2c1. The van der Waals surface area contributed by atoms with E-state index >= 15 is 0 Å². The normalized spacial score (nSPS) is 14.1. The first-order chi connectivity index (χ1) is 8.09. The smallest absolute Gasteiger partial charge is 0.134 e. The molecule has 0 spiro atoms. The van der Waals surface area contributed by atoms with Gasteiger partial charge >= 0.3 is 0 Å². The molecule has 0 aliphatic carbocycles. The van der Waals surface area contributed by atoms with Crippen molar-refractivity contribution in [1.82, 2.24) is 5.32 Å². The van der Waals surface area contributed by atoms with Gasteiger partial charge in [-0.1, -0.05) is 26.0 Å². The molecule has 1 atom stereocenters. The summed E-state index contributed by atoms with van der Waals surface area (Å²) in [6, 6.07) is 8.18. The van der Waals surface area contributed by atoms with E-state index in [2.05, 4.69) is 37.4 Å². The van der Waals surface area contributed by atoms with Crippen LogP contribution in [0, 0.1) is 0 Å². The van der Waals surface area contributed by atoms with Gasteiger partial charge < -0.3 is 14.8 Å². The molecule has 0 saturated carbocycles. The lowest BCUT2D eigenvalue weighted by atomic mass is 9.78. The summed E-state index contributed by atoms with van der Waals surface area (Å²) < 4.78 is 5.42. The average Bonchev–Trinajstić information content (AvgIpc) is 2.77. The molecule has 2 rings (SSSR count). The van der Waals surface area contributed by atoms with Gasteiger partial charge in [-0.05, 0) is 24.7 Å². The molecule has 0 bridgehead atoms. The van der Waals surface area contributed by atoms with Crippen molar-refractivity contribution in [3.63, 3.8) is 0 Å². The van der Waals surface area contributed by atoms with Gasteiger partial charge in [0, 0.05) is 16.8 Å². The van der Waals surface area contributed by atoms with Crippen molar-refractivity contribution in [2.75, 3.05) is 13.7 Å². The second kappa shape index (κ2) is 4.51. The molecular weight excluding hydrogens is 214 g/mol. The standard InChI is InChI=1S/C14H19NO2/c1-14(2,13(9-16)15-3)11-5-4-10-6-7-17-12(10)8-11/h4-8,13,15-16H,9H2,1-3H3. The van der Waals surface area contributed by atoms with Crippen LogP contribution in [0.3, 0.4) is 0 Å². The first kappa shape index (κ1) is 12.1. The fraction of sp³-hybridized carbons (Fsp3) is 0.429. The van der Waals surface area contributed by atoms with Gasteiger partial charge in [-0.25, -0.2) is 0 Å². The van der Waals surface area contributed by atoms with Crippen LogP contribution in [0.2, 0.25) is 0 Å². The Morgan fingerprint density at radius 2 is 2.12 bits per heavy atom. The quantitative estimate of drug-likeness (QED) is 0.851. The molecule has 2 N–H and O–H groups in total. The highest BCUT2D eigenvalue weighted by molar-refractivity contribution is 5.77. The van der Waals surface area contributed by atoms with Gasteiger partial charge in [0.15, 0.2) is 0 Å². The molecule has 0 fully saturated rings. The Bertz CT molecular complexity index is 498. The van der Waals surface area contributed by atoms with Crippen LogP contribution >= 0.6 is 0 Å². The van der Waals surface area contributed by atoms with Crippen LogP contribution in [0.5, 0.6) is 0 Å². The summed E-state index contributed by atoms with van der Waals surface area (Å²) >= 11 is 0. The summed E-state index contributed by atoms with van der Waals surface area (Å²) in [5, 5.41) is 13.7. The van der Waals surface area contributed by atoms with Gasteiger partial charge in [-0.15, -0.1) is 0 Å². The maximum absolute atomic E-state index is 9.41. The molecular formula is C14H19NO2. The van der Waals surface area contributed by atoms with Crippen LogP contribution < -0.4 is 5.32 Å². The summed E-state index contributed by atoms with van der Waals surface area (Å²) in [5.41, 5.74) is 1.90. The lowest BCUT2D eigenvalue weighted by molar-refractivity contribution is 0.198. The molecule has 0 amide bonds. The zero-order chi connectivity index (χ0) is 12.5. The van der Waals surface area contributed by atoms with E-state index in [-0.39, 0.29) is 18.1 Å². The number of hydrogen-bond acceptors (Lipinski definition) is 3. The Kier molecular flexibility index (Phi) is 3.22. The largest absolute Gasteiger partial charge is 0.464 e. The average molecular weight is 233 g/mol. The van der Waals surface area contributed by atoms with E-state index in [1.165, 1.54) is 0 Å². The zero-order valence-corrected chi connectivity index (χ0v) is 10.5. The third kappa shape index (κ3) is 2.08. The Balaban J connectivity index is 2.43. The first-order valence-electron chi connectivity index (χ1n) is 5.85. The van der Waals surface area contributed by atoms with Gasteiger partial charge in [-0.3, -0.25) is 0 Å². The minimum absolute atomic E-state index is 0.0231. The monoisotopic (exact) mass is 233 g/mol. The Hall–Kier alpha value is -1.32. The second-order valence-electron chi connectivity index (χ2n) is 4.92. The van der Waals surface area contributed by atoms with E-state index in [4.69, 9.17) is 4.42 Å². The highest BCUT2D eigenvalue weighted by Gasteiger charge is 2.30. The molecule has 1 aromatic carbocycles.